The minimum atomic E-state index is -0.154. The number of thiophene rings is 1. The van der Waals surface area contributed by atoms with Gasteiger partial charge in [-0.2, -0.15) is 0 Å². The third kappa shape index (κ3) is 3.75. The number of ether oxygens (including phenoxy) is 3. The molecule has 138 valence electrons. The number of hydrogen-bond donors (Lipinski definition) is 1. The van der Waals surface area contributed by atoms with Crippen LogP contribution in [0.15, 0.2) is 29.8 Å². The van der Waals surface area contributed by atoms with Crippen LogP contribution in [0.2, 0.25) is 0 Å². The summed E-state index contributed by atoms with van der Waals surface area (Å²) >= 11 is 1.75. The highest BCUT2D eigenvalue weighted by atomic mass is 32.1. The number of carbonyl (C=O) groups is 1. The largest absolute Gasteiger partial charge is 0.472 e. The van der Waals surface area contributed by atoms with E-state index in [1.54, 1.807) is 29.7 Å². The molecule has 2 aliphatic rings. The predicted octanol–water partition coefficient (Wildman–Crippen LogP) is 2.74. The van der Waals surface area contributed by atoms with Crippen molar-refractivity contribution in [1.82, 2.24) is 10.3 Å². The molecule has 1 fully saturated rings. The molecule has 1 saturated heterocycles. The van der Waals surface area contributed by atoms with Gasteiger partial charge in [0.15, 0.2) is 0 Å². The standard InChI is InChI=1S/C19H22N2O4S/c1-12(18-15-5-9-26-16(15)4-8-24-18)21-19(22)13-2-6-20-17(10-13)25-14-3-7-23-11-14/h2,5-6,9-10,12,14,18H,3-4,7-8,11H2,1H3,(H,21,22). The second kappa shape index (κ2) is 7.73. The molecule has 3 atom stereocenters. The Bertz CT molecular complexity index is 772. The average Bonchev–Trinajstić information content (AvgIpc) is 3.33. The number of nitrogens with one attached hydrogen (secondary N) is 1. The summed E-state index contributed by atoms with van der Waals surface area (Å²) in [5, 5.41) is 5.13. The quantitative estimate of drug-likeness (QED) is 0.871. The third-order valence-electron chi connectivity index (χ3n) is 4.70. The minimum absolute atomic E-state index is 0.00684. The fraction of sp³-hybridized carbons (Fsp3) is 0.474. The molecule has 26 heavy (non-hydrogen) atoms. The predicted molar refractivity (Wildman–Crippen MR) is 97.7 cm³/mol. The highest BCUT2D eigenvalue weighted by Crippen LogP contribution is 2.33. The van der Waals surface area contributed by atoms with Gasteiger partial charge in [-0.1, -0.05) is 0 Å². The van der Waals surface area contributed by atoms with Crippen LogP contribution in [0.1, 0.15) is 40.2 Å². The minimum Gasteiger partial charge on any atom is -0.472 e. The highest BCUT2D eigenvalue weighted by molar-refractivity contribution is 7.10. The topological polar surface area (TPSA) is 69.7 Å². The first-order valence-corrected chi connectivity index (χ1v) is 9.78. The molecule has 2 aromatic rings. The molecular weight excluding hydrogens is 352 g/mol. The molecule has 0 aliphatic carbocycles. The molecule has 0 spiro atoms. The third-order valence-corrected chi connectivity index (χ3v) is 5.69. The monoisotopic (exact) mass is 374 g/mol. The lowest BCUT2D eigenvalue weighted by Crippen LogP contribution is -2.39. The van der Waals surface area contributed by atoms with Crippen molar-refractivity contribution in [1.29, 1.82) is 0 Å². The van der Waals surface area contributed by atoms with Crippen LogP contribution in [0.5, 0.6) is 5.88 Å². The van der Waals surface area contributed by atoms with Crippen LogP contribution in [-0.2, 0) is 15.9 Å². The van der Waals surface area contributed by atoms with Gasteiger partial charge in [0.25, 0.3) is 5.91 Å². The van der Waals surface area contributed by atoms with Crippen molar-refractivity contribution in [3.8, 4) is 5.88 Å². The number of rotatable bonds is 5. The first kappa shape index (κ1) is 17.5. The van der Waals surface area contributed by atoms with Crippen LogP contribution in [0, 0.1) is 0 Å². The van der Waals surface area contributed by atoms with Crippen molar-refractivity contribution in [3.63, 3.8) is 0 Å². The second-order valence-corrected chi connectivity index (χ2v) is 7.59. The molecule has 6 nitrogen and oxygen atoms in total. The van der Waals surface area contributed by atoms with Crippen molar-refractivity contribution in [2.75, 3.05) is 19.8 Å². The fourth-order valence-corrected chi connectivity index (χ4v) is 4.25. The van der Waals surface area contributed by atoms with Gasteiger partial charge in [0.1, 0.15) is 12.2 Å². The lowest BCUT2D eigenvalue weighted by atomic mass is 10.0. The van der Waals surface area contributed by atoms with Crippen molar-refractivity contribution >= 4 is 17.2 Å². The van der Waals surface area contributed by atoms with E-state index >= 15 is 0 Å². The zero-order chi connectivity index (χ0) is 17.9. The molecule has 4 heterocycles. The number of hydrogen-bond acceptors (Lipinski definition) is 6. The zero-order valence-corrected chi connectivity index (χ0v) is 15.5. The van der Waals surface area contributed by atoms with Crippen LogP contribution in [-0.4, -0.2) is 42.9 Å². The lowest BCUT2D eigenvalue weighted by molar-refractivity contribution is 0.0205. The first-order valence-electron chi connectivity index (χ1n) is 8.90. The van der Waals surface area contributed by atoms with Gasteiger partial charge >= 0.3 is 0 Å². The number of carbonyl (C=O) groups excluding carboxylic acids is 1. The molecule has 2 aromatic heterocycles. The van der Waals surface area contributed by atoms with E-state index in [1.807, 2.05) is 6.92 Å². The van der Waals surface area contributed by atoms with Gasteiger partial charge in [-0.25, -0.2) is 4.98 Å². The molecular formula is C19H22N2O4S. The molecule has 3 unspecified atom stereocenters. The SMILES string of the molecule is CC(NC(=O)c1ccnc(OC2CCOC2)c1)C1OCCc2sccc21. The van der Waals surface area contributed by atoms with Crippen molar-refractivity contribution in [3.05, 3.63) is 45.8 Å². The number of fused-ring (bicyclic) bond motifs is 1. The normalized spacial score (nSPS) is 23.3. The van der Waals surface area contributed by atoms with E-state index in [1.165, 1.54) is 10.4 Å². The van der Waals surface area contributed by atoms with E-state index in [2.05, 4.69) is 21.7 Å². The number of aromatic nitrogens is 1. The Kier molecular flexibility index (Phi) is 5.19. The molecule has 0 aromatic carbocycles. The summed E-state index contributed by atoms with van der Waals surface area (Å²) in [5.74, 6) is 0.299. The Morgan fingerprint density at radius 2 is 2.35 bits per heavy atom. The maximum absolute atomic E-state index is 12.7. The highest BCUT2D eigenvalue weighted by Gasteiger charge is 2.28. The van der Waals surface area contributed by atoms with Crippen LogP contribution in [0.4, 0.5) is 0 Å². The van der Waals surface area contributed by atoms with E-state index in [4.69, 9.17) is 14.2 Å². The van der Waals surface area contributed by atoms with E-state index in [0.29, 0.717) is 31.3 Å². The molecule has 0 bridgehead atoms. The number of pyridine rings is 1. The molecule has 1 N–H and O–H groups in total. The number of nitrogens with zero attached hydrogens (tertiary/aromatic N) is 1. The summed E-state index contributed by atoms with van der Waals surface area (Å²) in [6.07, 6.45) is 3.28. The van der Waals surface area contributed by atoms with Gasteiger partial charge in [-0.05, 0) is 30.0 Å². The Morgan fingerprint density at radius 3 is 3.19 bits per heavy atom. The van der Waals surface area contributed by atoms with Gasteiger partial charge in [0.2, 0.25) is 5.88 Å². The summed E-state index contributed by atoms with van der Waals surface area (Å²) in [4.78, 5) is 18.2. The molecule has 0 radical (unpaired) electrons. The zero-order valence-electron chi connectivity index (χ0n) is 14.6. The first-order chi connectivity index (χ1) is 12.7. The van der Waals surface area contributed by atoms with E-state index in [9.17, 15) is 4.79 Å². The maximum atomic E-state index is 12.7. The lowest BCUT2D eigenvalue weighted by Gasteiger charge is -2.29. The average molecular weight is 374 g/mol. The fourth-order valence-electron chi connectivity index (χ4n) is 3.35. The summed E-state index contributed by atoms with van der Waals surface area (Å²) < 4.78 is 17.0. The molecule has 4 rings (SSSR count). The maximum Gasteiger partial charge on any atom is 0.251 e. The van der Waals surface area contributed by atoms with E-state index in [0.717, 1.165) is 12.8 Å². The summed E-state index contributed by atoms with van der Waals surface area (Å²) in [6, 6.07) is 5.33. The van der Waals surface area contributed by atoms with Gasteiger partial charge in [-0.15, -0.1) is 11.3 Å². The summed E-state index contributed by atoms with van der Waals surface area (Å²) in [7, 11) is 0. The molecule has 2 aliphatic heterocycles. The van der Waals surface area contributed by atoms with E-state index < -0.39 is 0 Å². The summed E-state index contributed by atoms with van der Waals surface area (Å²) in [5.41, 5.74) is 1.72. The second-order valence-electron chi connectivity index (χ2n) is 6.59. The molecule has 7 heteroatoms. The van der Waals surface area contributed by atoms with Crippen molar-refractivity contribution in [2.45, 2.75) is 38.0 Å². The Hall–Kier alpha value is -1.96. The Labute approximate surface area is 156 Å². The van der Waals surface area contributed by atoms with Gasteiger partial charge in [0, 0.05) is 35.5 Å². The van der Waals surface area contributed by atoms with Crippen LogP contribution >= 0.6 is 11.3 Å². The summed E-state index contributed by atoms with van der Waals surface area (Å²) in [6.45, 7) is 3.93. The van der Waals surface area contributed by atoms with Crippen molar-refractivity contribution in [2.24, 2.45) is 0 Å². The Morgan fingerprint density at radius 1 is 1.42 bits per heavy atom. The Balaban J connectivity index is 1.42. The van der Waals surface area contributed by atoms with Crippen molar-refractivity contribution < 1.29 is 19.0 Å². The van der Waals surface area contributed by atoms with Gasteiger partial charge < -0.3 is 19.5 Å². The van der Waals surface area contributed by atoms with Gasteiger partial charge in [-0.3, -0.25) is 4.79 Å². The van der Waals surface area contributed by atoms with Gasteiger partial charge in [0.05, 0.1) is 25.9 Å². The smallest absolute Gasteiger partial charge is 0.251 e. The van der Waals surface area contributed by atoms with Crippen LogP contribution in [0.3, 0.4) is 0 Å². The number of amides is 1. The molecule has 1 amide bonds. The van der Waals surface area contributed by atoms with Crippen LogP contribution < -0.4 is 10.1 Å². The van der Waals surface area contributed by atoms with Crippen LogP contribution in [0.25, 0.3) is 0 Å². The molecule has 0 saturated carbocycles. The van der Waals surface area contributed by atoms with E-state index in [-0.39, 0.29) is 24.2 Å².